The SMILES string of the molecule is Nc1ccc2c(c1)c1ccccc1n1c3ccccc3nc21. The summed E-state index contributed by atoms with van der Waals surface area (Å²) < 4.78 is 2.24. The standard InChI is InChI=1S/C19H13N3/c20-12-9-10-14-15(11-12)13-5-1-3-7-17(13)22-18-8-4-2-6-16(18)21-19(14)22/h1-11H,20H2. The number of hydrogen-bond donors (Lipinski definition) is 1. The molecule has 0 aliphatic rings. The van der Waals surface area contributed by atoms with Crippen LogP contribution in [0.4, 0.5) is 5.69 Å². The van der Waals surface area contributed by atoms with Gasteiger partial charge >= 0.3 is 0 Å². The minimum absolute atomic E-state index is 0.776. The summed E-state index contributed by atoms with van der Waals surface area (Å²) in [6.45, 7) is 0. The van der Waals surface area contributed by atoms with Crippen LogP contribution in [0.15, 0.2) is 66.7 Å². The molecule has 0 amide bonds. The maximum Gasteiger partial charge on any atom is 0.146 e. The van der Waals surface area contributed by atoms with E-state index in [9.17, 15) is 0 Å². The van der Waals surface area contributed by atoms with Crippen molar-refractivity contribution in [3.8, 4) is 0 Å². The zero-order valence-electron chi connectivity index (χ0n) is 11.8. The summed E-state index contributed by atoms with van der Waals surface area (Å²) in [5.41, 5.74) is 11.1. The summed E-state index contributed by atoms with van der Waals surface area (Å²) in [5.74, 6) is 0. The third-order valence-corrected chi connectivity index (χ3v) is 4.28. The third-order valence-electron chi connectivity index (χ3n) is 4.28. The smallest absolute Gasteiger partial charge is 0.146 e. The molecule has 0 aliphatic carbocycles. The number of pyridine rings is 1. The molecule has 0 saturated heterocycles. The summed E-state index contributed by atoms with van der Waals surface area (Å²) in [5, 5.41) is 3.47. The van der Waals surface area contributed by atoms with Gasteiger partial charge in [0.1, 0.15) is 5.65 Å². The van der Waals surface area contributed by atoms with Crippen LogP contribution in [0.5, 0.6) is 0 Å². The van der Waals surface area contributed by atoms with Gasteiger partial charge in [-0.3, -0.25) is 4.40 Å². The van der Waals surface area contributed by atoms with Crippen molar-refractivity contribution >= 4 is 44.0 Å². The van der Waals surface area contributed by atoms with Gasteiger partial charge < -0.3 is 5.73 Å². The van der Waals surface area contributed by atoms with Crippen molar-refractivity contribution in [1.82, 2.24) is 9.38 Å². The van der Waals surface area contributed by atoms with Crippen molar-refractivity contribution in [1.29, 1.82) is 0 Å². The van der Waals surface area contributed by atoms with E-state index in [2.05, 4.69) is 52.9 Å². The fourth-order valence-corrected chi connectivity index (χ4v) is 3.33. The third kappa shape index (κ3) is 1.37. The summed E-state index contributed by atoms with van der Waals surface area (Å²) in [7, 11) is 0. The van der Waals surface area contributed by atoms with Gasteiger partial charge in [0.15, 0.2) is 0 Å². The van der Waals surface area contributed by atoms with E-state index in [4.69, 9.17) is 10.7 Å². The molecule has 3 nitrogen and oxygen atoms in total. The van der Waals surface area contributed by atoms with Crippen molar-refractivity contribution in [3.63, 3.8) is 0 Å². The van der Waals surface area contributed by atoms with Crippen molar-refractivity contribution in [3.05, 3.63) is 66.7 Å². The number of fused-ring (bicyclic) bond motifs is 8. The molecule has 2 N–H and O–H groups in total. The van der Waals surface area contributed by atoms with E-state index < -0.39 is 0 Å². The molecule has 5 aromatic rings. The Morgan fingerprint density at radius 3 is 2.41 bits per heavy atom. The molecule has 2 aromatic heterocycles. The zero-order valence-corrected chi connectivity index (χ0v) is 11.8. The second kappa shape index (κ2) is 3.98. The summed E-state index contributed by atoms with van der Waals surface area (Å²) in [6, 6.07) is 22.7. The molecule has 0 atom stereocenters. The van der Waals surface area contributed by atoms with Crippen LogP contribution in [-0.4, -0.2) is 9.38 Å². The summed E-state index contributed by atoms with van der Waals surface area (Å²) in [6.07, 6.45) is 0. The molecule has 22 heavy (non-hydrogen) atoms. The monoisotopic (exact) mass is 283 g/mol. The first kappa shape index (κ1) is 11.6. The average molecular weight is 283 g/mol. The molecule has 0 radical (unpaired) electrons. The Kier molecular flexibility index (Phi) is 2.09. The Morgan fingerprint density at radius 1 is 0.727 bits per heavy atom. The number of benzene rings is 3. The molecule has 5 rings (SSSR count). The lowest BCUT2D eigenvalue weighted by Crippen LogP contribution is -1.92. The van der Waals surface area contributed by atoms with E-state index in [1.54, 1.807) is 0 Å². The van der Waals surface area contributed by atoms with Gasteiger partial charge in [-0.25, -0.2) is 4.98 Å². The highest BCUT2D eigenvalue weighted by atomic mass is 15.0. The molecule has 0 unspecified atom stereocenters. The topological polar surface area (TPSA) is 43.3 Å². The predicted octanol–water partition coefficient (Wildman–Crippen LogP) is 4.38. The highest BCUT2D eigenvalue weighted by Gasteiger charge is 2.12. The first-order chi connectivity index (χ1) is 10.8. The Morgan fingerprint density at radius 2 is 1.50 bits per heavy atom. The predicted molar refractivity (Wildman–Crippen MR) is 92.1 cm³/mol. The van der Waals surface area contributed by atoms with Crippen molar-refractivity contribution < 1.29 is 0 Å². The van der Waals surface area contributed by atoms with Gasteiger partial charge in [-0.15, -0.1) is 0 Å². The Bertz CT molecular complexity index is 1190. The van der Waals surface area contributed by atoms with Crippen LogP contribution < -0.4 is 5.73 Å². The number of anilines is 1. The second-order valence-electron chi connectivity index (χ2n) is 5.58. The van der Waals surface area contributed by atoms with E-state index in [0.29, 0.717) is 0 Å². The fraction of sp³-hybridized carbons (Fsp3) is 0. The molecule has 0 bridgehead atoms. The van der Waals surface area contributed by atoms with Gasteiger partial charge in [0.2, 0.25) is 0 Å². The lowest BCUT2D eigenvalue weighted by Gasteiger charge is -2.09. The molecule has 0 aliphatic heterocycles. The molecular formula is C19H13N3. The van der Waals surface area contributed by atoms with Gasteiger partial charge in [0.25, 0.3) is 0 Å². The van der Waals surface area contributed by atoms with Crippen LogP contribution >= 0.6 is 0 Å². The molecule has 0 spiro atoms. The Labute approximate surface area is 126 Å². The van der Waals surface area contributed by atoms with Crippen LogP contribution in [0.25, 0.3) is 38.4 Å². The molecular weight excluding hydrogens is 270 g/mol. The molecule has 3 aromatic carbocycles. The van der Waals surface area contributed by atoms with E-state index in [0.717, 1.165) is 38.7 Å². The lowest BCUT2D eigenvalue weighted by molar-refractivity contribution is 1.31. The number of rotatable bonds is 0. The minimum Gasteiger partial charge on any atom is -0.399 e. The van der Waals surface area contributed by atoms with Crippen LogP contribution in [0.3, 0.4) is 0 Å². The molecule has 2 heterocycles. The highest BCUT2D eigenvalue weighted by molar-refractivity contribution is 6.14. The number of imidazole rings is 1. The van der Waals surface area contributed by atoms with E-state index in [-0.39, 0.29) is 0 Å². The Balaban J connectivity index is 2.22. The quantitative estimate of drug-likeness (QED) is 0.338. The van der Waals surface area contributed by atoms with Crippen LogP contribution in [0.2, 0.25) is 0 Å². The van der Waals surface area contributed by atoms with Gasteiger partial charge in [-0.1, -0.05) is 30.3 Å². The highest BCUT2D eigenvalue weighted by Crippen LogP contribution is 2.32. The van der Waals surface area contributed by atoms with Crippen molar-refractivity contribution in [2.45, 2.75) is 0 Å². The van der Waals surface area contributed by atoms with Crippen molar-refractivity contribution in [2.24, 2.45) is 0 Å². The lowest BCUT2D eigenvalue weighted by atomic mass is 10.1. The van der Waals surface area contributed by atoms with Gasteiger partial charge in [-0.2, -0.15) is 0 Å². The number of hydrogen-bond acceptors (Lipinski definition) is 2. The molecule has 0 saturated carbocycles. The molecule has 3 heteroatoms. The maximum atomic E-state index is 6.01. The number of aromatic nitrogens is 2. The average Bonchev–Trinajstić information content (AvgIpc) is 2.94. The number of nitrogens with two attached hydrogens (primary N) is 1. The molecule has 0 fully saturated rings. The largest absolute Gasteiger partial charge is 0.399 e. The summed E-state index contributed by atoms with van der Waals surface area (Å²) in [4.78, 5) is 4.85. The number of nitrogen functional groups attached to an aromatic ring is 1. The first-order valence-electron chi connectivity index (χ1n) is 7.30. The maximum absolute atomic E-state index is 6.01. The first-order valence-corrected chi connectivity index (χ1v) is 7.30. The second-order valence-corrected chi connectivity index (χ2v) is 5.58. The fourth-order valence-electron chi connectivity index (χ4n) is 3.33. The zero-order chi connectivity index (χ0) is 14.7. The van der Waals surface area contributed by atoms with E-state index in [1.165, 1.54) is 5.39 Å². The Hall–Kier alpha value is -3.07. The van der Waals surface area contributed by atoms with Crippen LogP contribution in [0, 0.1) is 0 Å². The van der Waals surface area contributed by atoms with E-state index >= 15 is 0 Å². The van der Waals surface area contributed by atoms with Crippen LogP contribution in [0.1, 0.15) is 0 Å². The van der Waals surface area contributed by atoms with Gasteiger partial charge in [-0.05, 0) is 41.8 Å². The summed E-state index contributed by atoms with van der Waals surface area (Å²) >= 11 is 0. The minimum atomic E-state index is 0.776. The number of para-hydroxylation sites is 3. The van der Waals surface area contributed by atoms with Gasteiger partial charge in [0, 0.05) is 16.5 Å². The van der Waals surface area contributed by atoms with Gasteiger partial charge in [0.05, 0.1) is 16.6 Å². The number of nitrogens with zero attached hydrogens (tertiary/aromatic N) is 2. The van der Waals surface area contributed by atoms with Crippen LogP contribution in [-0.2, 0) is 0 Å². The van der Waals surface area contributed by atoms with Crippen molar-refractivity contribution in [2.75, 3.05) is 5.73 Å². The molecule has 104 valence electrons. The van der Waals surface area contributed by atoms with E-state index in [1.807, 2.05) is 18.2 Å². The normalized spacial score (nSPS) is 11.8.